The zero-order valence-corrected chi connectivity index (χ0v) is 13.6. The normalized spacial score (nSPS) is 21.9. The van der Waals surface area contributed by atoms with Gasteiger partial charge in [-0.25, -0.2) is 9.78 Å². The Morgan fingerprint density at radius 3 is 2.81 bits per heavy atom. The number of rotatable bonds is 4. The number of aromatic nitrogens is 1. The average molecular weight is 310 g/mol. The number of ether oxygens (including phenoxy) is 1. The molecule has 2 rings (SSSR count). The molecule has 0 aromatic carbocycles. The van der Waals surface area contributed by atoms with Crippen LogP contribution in [0.2, 0.25) is 0 Å². The summed E-state index contributed by atoms with van der Waals surface area (Å²) in [6.07, 6.45) is 4.60. The molecule has 0 spiro atoms. The lowest BCUT2D eigenvalue weighted by molar-refractivity contribution is 0.0525. The minimum absolute atomic E-state index is 0.111. The molecule has 116 valence electrons. The second-order valence-corrected chi connectivity index (χ2v) is 6.36. The molecule has 1 aromatic rings. The zero-order valence-electron chi connectivity index (χ0n) is 12.8. The molecule has 6 heteroatoms. The van der Waals surface area contributed by atoms with Crippen LogP contribution in [0.5, 0.6) is 0 Å². The molecule has 0 bridgehead atoms. The van der Waals surface area contributed by atoms with E-state index in [4.69, 9.17) is 4.74 Å². The van der Waals surface area contributed by atoms with Crippen LogP contribution in [0, 0.1) is 5.92 Å². The van der Waals surface area contributed by atoms with Crippen molar-refractivity contribution in [2.24, 2.45) is 5.92 Å². The second kappa shape index (κ2) is 7.02. The summed E-state index contributed by atoms with van der Waals surface area (Å²) in [7, 11) is 1.83. The molecule has 1 fully saturated rings. The molecule has 1 aliphatic carbocycles. The molecule has 0 radical (unpaired) electrons. The van der Waals surface area contributed by atoms with Crippen molar-refractivity contribution in [1.82, 2.24) is 9.88 Å². The minimum Gasteiger partial charge on any atom is -0.461 e. The summed E-state index contributed by atoms with van der Waals surface area (Å²) in [6.45, 7) is 4.25. The molecular formula is C15H22N2O3S. The van der Waals surface area contributed by atoms with Crippen LogP contribution in [0.3, 0.4) is 0 Å². The van der Waals surface area contributed by atoms with Gasteiger partial charge in [-0.15, -0.1) is 11.3 Å². The number of hydrogen-bond acceptors (Lipinski definition) is 5. The first kappa shape index (κ1) is 15.9. The number of carbonyl (C=O) groups is 2. The van der Waals surface area contributed by atoms with Crippen LogP contribution in [0.1, 0.15) is 59.8 Å². The Balaban J connectivity index is 2.07. The van der Waals surface area contributed by atoms with E-state index < -0.39 is 5.97 Å². The molecule has 1 heterocycles. The molecule has 1 saturated carbocycles. The van der Waals surface area contributed by atoms with E-state index in [1.165, 1.54) is 6.42 Å². The van der Waals surface area contributed by atoms with Gasteiger partial charge in [-0.05, 0) is 25.7 Å². The van der Waals surface area contributed by atoms with E-state index in [0.29, 0.717) is 18.2 Å². The summed E-state index contributed by atoms with van der Waals surface area (Å²) in [5.74, 6) is -0.0633. The summed E-state index contributed by atoms with van der Waals surface area (Å²) in [5, 5.41) is 1.88. The van der Waals surface area contributed by atoms with Gasteiger partial charge in [0.2, 0.25) is 5.01 Å². The summed E-state index contributed by atoms with van der Waals surface area (Å²) < 4.78 is 4.90. The van der Waals surface area contributed by atoms with E-state index in [0.717, 1.165) is 30.6 Å². The monoisotopic (exact) mass is 310 g/mol. The summed E-state index contributed by atoms with van der Waals surface area (Å²) in [4.78, 5) is 30.0. The number of hydrogen-bond donors (Lipinski definition) is 0. The maximum absolute atomic E-state index is 12.5. The quantitative estimate of drug-likeness (QED) is 0.802. The highest BCUT2D eigenvalue weighted by Gasteiger charge is 2.29. The van der Waals surface area contributed by atoms with Gasteiger partial charge in [-0.3, -0.25) is 4.79 Å². The van der Waals surface area contributed by atoms with Gasteiger partial charge < -0.3 is 9.64 Å². The maximum atomic E-state index is 12.5. The van der Waals surface area contributed by atoms with Crippen LogP contribution in [0.4, 0.5) is 0 Å². The lowest BCUT2D eigenvalue weighted by Crippen LogP contribution is -2.42. The fraction of sp³-hybridized carbons (Fsp3) is 0.667. The van der Waals surface area contributed by atoms with Crippen LogP contribution in [-0.4, -0.2) is 41.5 Å². The van der Waals surface area contributed by atoms with Crippen LogP contribution in [0.15, 0.2) is 5.38 Å². The fourth-order valence-electron chi connectivity index (χ4n) is 2.86. The lowest BCUT2D eigenvalue weighted by Gasteiger charge is -2.35. The maximum Gasteiger partial charge on any atom is 0.367 e. The molecule has 0 aliphatic heterocycles. The van der Waals surface area contributed by atoms with E-state index >= 15 is 0 Å². The van der Waals surface area contributed by atoms with Crippen molar-refractivity contribution in [3.8, 4) is 0 Å². The van der Waals surface area contributed by atoms with Crippen molar-refractivity contribution in [3.63, 3.8) is 0 Å². The van der Waals surface area contributed by atoms with Gasteiger partial charge in [-0.2, -0.15) is 0 Å². The Morgan fingerprint density at radius 2 is 2.14 bits per heavy atom. The summed E-state index contributed by atoms with van der Waals surface area (Å²) in [6, 6.07) is 0.263. The van der Waals surface area contributed by atoms with E-state index in [9.17, 15) is 9.59 Å². The highest BCUT2D eigenvalue weighted by molar-refractivity contribution is 7.11. The predicted octanol–water partition coefficient (Wildman–Crippen LogP) is 2.97. The third kappa shape index (κ3) is 3.61. The van der Waals surface area contributed by atoms with Gasteiger partial charge in [0.25, 0.3) is 5.91 Å². The first-order valence-electron chi connectivity index (χ1n) is 7.44. The van der Waals surface area contributed by atoms with Crippen LogP contribution in [0.25, 0.3) is 0 Å². The molecular weight excluding hydrogens is 288 g/mol. The molecule has 2 unspecified atom stereocenters. The second-order valence-electron chi connectivity index (χ2n) is 5.50. The summed E-state index contributed by atoms with van der Waals surface area (Å²) in [5.41, 5.74) is 0.336. The van der Waals surface area contributed by atoms with Gasteiger partial charge in [0.1, 0.15) is 5.69 Å². The minimum atomic E-state index is -0.463. The topological polar surface area (TPSA) is 59.5 Å². The average Bonchev–Trinajstić information content (AvgIpc) is 2.96. The van der Waals surface area contributed by atoms with Crippen molar-refractivity contribution in [1.29, 1.82) is 0 Å². The van der Waals surface area contributed by atoms with Crippen molar-refractivity contribution in [2.45, 2.75) is 45.6 Å². The van der Waals surface area contributed by atoms with Gasteiger partial charge in [-0.1, -0.05) is 19.8 Å². The molecule has 21 heavy (non-hydrogen) atoms. The van der Waals surface area contributed by atoms with Crippen LogP contribution >= 0.6 is 11.3 Å². The number of nitrogens with zero attached hydrogens (tertiary/aromatic N) is 2. The predicted molar refractivity (Wildman–Crippen MR) is 81.6 cm³/mol. The Bertz CT molecular complexity index is 515. The van der Waals surface area contributed by atoms with Crippen molar-refractivity contribution in [3.05, 3.63) is 16.1 Å². The van der Waals surface area contributed by atoms with Gasteiger partial charge in [0.15, 0.2) is 0 Å². The SMILES string of the molecule is CCOC(=O)c1nc(C(=O)N(C)C2CCCCC2C)cs1. The molecule has 1 amide bonds. The molecule has 0 saturated heterocycles. The number of carbonyl (C=O) groups excluding carboxylic acids is 2. The van der Waals surface area contributed by atoms with Crippen LogP contribution in [-0.2, 0) is 4.74 Å². The smallest absolute Gasteiger partial charge is 0.367 e. The highest BCUT2D eigenvalue weighted by Crippen LogP contribution is 2.28. The summed E-state index contributed by atoms with van der Waals surface area (Å²) >= 11 is 1.16. The standard InChI is InChI=1S/C15H22N2O3S/c1-4-20-15(19)13-16-11(9-21-13)14(18)17(3)12-8-6-5-7-10(12)2/h9-10,12H,4-8H2,1-3H3. The lowest BCUT2D eigenvalue weighted by atomic mass is 9.85. The first-order valence-corrected chi connectivity index (χ1v) is 8.32. The number of esters is 1. The Kier molecular flexibility index (Phi) is 5.33. The van der Waals surface area contributed by atoms with Crippen LogP contribution < -0.4 is 0 Å². The Labute approximate surface area is 129 Å². The highest BCUT2D eigenvalue weighted by atomic mass is 32.1. The Morgan fingerprint density at radius 1 is 1.43 bits per heavy atom. The molecule has 1 aliphatic rings. The zero-order chi connectivity index (χ0) is 15.4. The van der Waals surface area contributed by atoms with Crippen molar-refractivity contribution >= 4 is 23.2 Å². The number of amides is 1. The molecule has 2 atom stereocenters. The van der Waals surface area contributed by atoms with E-state index in [-0.39, 0.29) is 17.0 Å². The van der Waals surface area contributed by atoms with Gasteiger partial charge >= 0.3 is 5.97 Å². The van der Waals surface area contributed by atoms with Crippen molar-refractivity contribution in [2.75, 3.05) is 13.7 Å². The van der Waals surface area contributed by atoms with Crippen molar-refractivity contribution < 1.29 is 14.3 Å². The fourth-order valence-corrected chi connectivity index (χ4v) is 3.54. The third-order valence-corrected chi connectivity index (χ3v) is 4.88. The van der Waals surface area contributed by atoms with E-state index in [1.807, 2.05) is 7.05 Å². The van der Waals surface area contributed by atoms with Gasteiger partial charge in [0, 0.05) is 18.5 Å². The third-order valence-electron chi connectivity index (χ3n) is 4.06. The molecule has 0 N–H and O–H groups in total. The first-order chi connectivity index (χ1) is 10.0. The Hall–Kier alpha value is -1.43. The largest absolute Gasteiger partial charge is 0.461 e. The number of thiazole rings is 1. The molecule has 1 aromatic heterocycles. The van der Waals surface area contributed by atoms with E-state index in [1.54, 1.807) is 17.2 Å². The van der Waals surface area contributed by atoms with E-state index in [2.05, 4.69) is 11.9 Å². The van der Waals surface area contributed by atoms with Gasteiger partial charge in [0.05, 0.1) is 6.61 Å². The molecule has 5 nitrogen and oxygen atoms in total.